The van der Waals surface area contributed by atoms with Crippen molar-refractivity contribution < 1.29 is 31.9 Å². The predicted octanol–water partition coefficient (Wildman–Crippen LogP) is 2.19. The van der Waals surface area contributed by atoms with Gasteiger partial charge < -0.3 is 19.5 Å². The van der Waals surface area contributed by atoms with Gasteiger partial charge in [0.05, 0.1) is 18.0 Å². The zero-order chi connectivity index (χ0) is 27.0. The molecule has 4 heterocycles. The van der Waals surface area contributed by atoms with Crippen LogP contribution in [-0.4, -0.2) is 78.9 Å². The molecular formula is C23H20F4N8O3. The summed E-state index contributed by atoms with van der Waals surface area (Å²) in [5.41, 5.74) is 1.15. The Hall–Kier alpha value is -4.56. The molecule has 1 aliphatic rings. The first-order chi connectivity index (χ1) is 18.1. The third kappa shape index (κ3) is 5.12. The second-order valence-electron chi connectivity index (χ2n) is 8.51. The Bertz CT molecular complexity index is 1530. The normalized spacial score (nSPS) is 13.6. The lowest BCUT2D eigenvalue weighted by atomic mass is 10.1. The number of amides is 2. The molecule has 1 aromatic carbocycles. The molecule has 0 radical (unpaired) electrons. The van der Waals surface area contributed by atoms with Gasteiger partial charge in [0.1, 0.15) is 11.5 Å². The number of pyridine rings is 1. The minimum atomic E-state index is -4.53. The van der Waals surface area contributed by atoms with Crippen LogP contribution in [0.25, 0.3) is 22.3 Å². The molecule has 1 aliphatic heterocycles. The van der Waals surface area contributed by atoms with E-state index in [0.717, 1.165) is 6.07 Å². The van der Waals surface area contributed by atoms with Crippen LogP contribution in [-0.2, 0) is 13.6 Å². The number of nitrogens with zero attached hydrogens (tertiary/aromatic N) is 7. The van der Waals surface area contributed by atoms with Gasteiger partial charge in [-0.2, -0.15) is 18.0 Å². The quantitative estimate of drug-likeness (QED) is 0.363. The van der Waals surface area contributed by atoms with E-state index in [1.54, 1.807) is 17.7 Å². The zero-order valence-corrected chi connectivity index (χ0v) is 19.9. The molecule has 38 heavy (non-hydrogen) atoms. The summed E-state index contributed by atoms with van der Waals surface area (Å²) in [6.07, 6.45) is -3.20. The van der Waals surface area contributed by atoms with Crippen LogP contribution in [0.3, 0.4) is 0 Å². The number of alkyl halides is 3. The van der Waals surface area contributed by atoms with Crippen LogP contribution in [0, 0.1) is 5.82 Å². The lowest BCUT2D eigenvalue weighted by molar-refractivity contribution is -0.153. The fraction of sp³-hybridized carbons (Fsp3) is 0.304. The van der Waals surface area contributed by atoms with E-state index in [2.05, 4.69) is 25.7 Å². The van der Waals surface area contributed by atoms with Gasteiger partial charge in [-0.15, -0.1) is 10.2 Å². The maximum atomic E-state index is 14.1. The van der Waals surface area contributed by atoms with Gasteiger partial charge in [0.15, 0.2) is 6.61 Å². The van der Waals surface area contributed by atoms with Crippen molar-refractivity contribution >= 4 is 22.7 Å². The molecule has 0 saturated carbocycles. The number of hydrogen-bond donors (Lipinski definition) is 1. The van der Waals surface area contributed by atoms with Crippen molar-refractivity contribution in [2.75, 3.05) is 26.2 Å². The highest BCUT2D eigenvalue weighted by molar-refractivity contribution is 6.01. The van der Waals surface area contributed by atoms with Crippen molar-refractivity contribution in [3.63, 3.8) is 0 Å². The molecule has 0 saturated heterocycles. The van der Waals surface area contributed by atoms with Crippen molar-refractivity contribution in [2.45, 2.75) is 12.7 Å². The minimum Gasteiger partial charge on any atom is -0.468 e. The van der Waals surface area contributed by atoms with Crippen LogP contribution >= 0.6 is 0 Å². The highest BCUT2D eigenvalue weighted by Gasteiger charge is 2.31. The summed E-state index contributed by atoms with van der Waals surface area (Å²) >= 11 is 0. The molecule has 5 rings (SSSR count). The van der Waals surface area contributed by atoms with Gasteiger partial charge in [0.2, 0.25) is 11.7 Å². The molecule has 0 bridgehead atoms. The lowest BCUT2D eigenvalue weighted by Crippen LogP contribution is -2.44. The van der Waals surface area contributed by atoms with E-state index in [1.807, 2.05) is 0 Å². The van der Waals surface area contributed by atoms with Crippen molar-refractivity contribution in [3.8, 4) is 17.3 Å². The Kier molecular flexibility index (Phi) is 6.42. The van der Waals surface area contributed by atoms with Crippen LogP contribution in [0.5, 0.6) is 5.88 Å². The van der Waals surface area contributed by atoms with Gasteiger partial charge in [-0.3, -0.25) is 9.59 Å². The summed E-state index contributed by atoms with van der Waals surface area (Å²) in [5.74, 6) is -1.60. The Labute approximate surface area is 212 Å². The average Bonchev–Trinajstić information content (AvgIpc) is 3.47. The fourth-order valence-electron chi connectivity index (χ4n) is 4.20. The number of aryl methyl sites for hydroxylation is 1. The largest absolute Gasteiger partial charge is 0.468 e. The van der Waals surface area contributed by atoms with E-state index in [-0.39, 0.29) is 47.5 Å². The molecule has 11 nitrogen and oxygen atoms in total. The summed E-state index contributed by atoms with van der Waals surface area (Å²) in [7, 11) is 1.56. The van der Waals surface area contributed by atoms with Crippen molar-refractivity contribution in [2.24, 2.45) is 7.05 Å². The molecule has 0 unspecified atom stereocenters. The summed E-state index contributed by atoms with van der Waals surface area (Å²) < 4.78 is 58.5. The van der Waals surface area contributed by atoms with Crippen LogP contribution in [0.1, 0.15) is 20.8 Å². The highest BCUT2D eigenvalue weighted by atomic mass is 19.4. The van der Waals surface area contributed by atoms with E-state index in [9.17, 15) is 27.2 Å². The smallest absolute Gasteiger partial charge is 0.422 e. The van der Waals surface area contributed by atoms with Gasteiger partial charge in [0, 0.05) is 43.5 Å². The third-order valence-corrected chi connectivity index (χ3v) is 5.86. The number of ether oxygens (including phenoxy) is 1. The second kappa shape index (κ2) is 9.72. The average molecular weight is 532 g/mol. The first-order valence-electron chi connectivity index (χ1n) is 11.4. The summed E-state index contributed by atoms with van der Waals surface area (Å²) in [5, 5.41) is 14.5. The van der Waals surface area contributed by atoms with Crippen molar-refractivity contribution in [1.29, 1.82) is 0 Å². The molecule has 198 valence electrons. The third-order valence-electron chi connectivity index (χ3n) is 5.86. The number of aromatic nitrogens is 6. The van der Waals surface area contributed by atoms with E-state index < -0.39 is 24.5 Å². The van der Waals surface area contributed by atoms with E-state index >= 15 is 0 Å². The number of hydrogen-bond acceptors (Lipinski definition) is 7. The summed E-state index contributed by atoms with van der Waals surface area (Å²) in [4.78, 5) is 32.3. The first-order valence-corrected chi connectivity index (χ1v) is 11.4. The monoisotopic (exact) mass is 532 g/mol. The number of tetrazole rings is 1. The van der Waals surface area contributed by atoms with Crippen LogP contribution in [0.4, 0.5) is 17.6 Å². The van der Waals surface area contributed by atoms with Gasteiger partial charge >= 0.3 is 6.18 Å². The van der Waals surface area contributed by atoms with E-state index in [4.69, 9.17) is 4.74 Å². The molecule has 0 atom stereocenters. The Balaban J connectivity index is 1.25. The van der Waals surface area contributed by atoms with Gasteiger partial charge in [-0.1, -0.05) is 0 Å². The van der Waals surface area contributed by atoms with E-state index in [1.165, 1.54) is 34.1 Å². The number of halogens is 4. The molecule has 2 amide bonds. The SMILES string of the molecule is Cn1nnc(-c2cc(F)cc(C(=O)NCCN3CCn4c(cc5c(OCC(F)(F)F)nccc54)C3=O)c2)n1. The molecule has 0 fully saturated rings. The number of rotatable bonds is 7. The molecule has 0 spiro atoms. The highest BCUT2D eigenvalue weighted by Crippen LogP contribution is 2.30. The molecule has 0 aliphatic carbocycles. The summed E-state index contributed by atoms with van der Waals surface area (Å²) in [6, 6.07) is 6.76. The maximum Gasteiger partial charge on any atom is 0.422 e. The van der Waals surface area contributed by atoms with Crippen LogP contribution in [0.15, 0.2) is 36.5 Å². The van der Waals surface area contributed by atoms with Crippen molar-refractivity contribution in [1.82, 2.24) is 40.0 Å². The van der Waals surface area contributed by atoms with Gasteiger partial charge in [-0.25, -0.2) is 9.37 Å². The topological polar surface area (TPSA) is 120 Å². The molecule has 1 N–H and O–H groups in total. The molecule has 3 aromatic heterocycles. The molecular weight excluding hydrogens is 512 g/mol. The van der Waals surface area contributed by atoms with E-state index in [0.29, 0.717) is 24.0 Å². The zero-order valence-electron chi connectivity index (χ0n) is 19.9. The number of nitrogens with one attached hydrogen (secondary N) is 1. The lowest BCUT2D eigenvalue weighted by Gasteiger charge is -2.28. The van der Waals surface area contributed by atoms with Crippen molar-refractivity contribution in [3.05, 3.63) is 53.6 Å². The summed E-state index contributed by atoms with van der Waals surface area (Å²) in [6.45, 7) is -0.548. The van der Waals surface area contributed by atoms with Gasteiger partial charge in [-0.05, 0) is 35.5 Å². The number of carbonyl (C=O) groups excluding carboxylic acids is 2. The Morgan fingerprint density at radius 1 is 1.18 bits per heavy atom. The van der Waals surface area contributed by atoms with Gasteiger partial charge in [0.25, 0.3) is 11.8 Å². The minimum absolute atomic E-state index is 0.0523. The van der Waals surface area contributed by atoms with Crippen LogP contribution in [0.2, 0.25) is 0 Å². The Morgan fingerprint density at radius 2 is 2.00 bits per heavy atom. The number of carbonyl (C=O) groups is 2. The Morgan fingerprint density at radius 3 is 2.74 bits per heavy atom. The number of fused-ring (bicyclic) bond motifs is 3. The first kappa shape index (κ1) is 25.1. The maximum absolute atomic E-state index is 14.1. The number of benzene rings is 1. The molecule has 15 heteroatoms. The second-order valence-corrected chi connectivity index (χ2v) is 8.51. The predicted molar refractivity (Wildman–Crippen MR) is 124 cm³/mol. The fourth-order valence-corrected chi connectivity index (χ4v) is 4.20. The standard InChI is InChI=1S/C23H20F4N8O3/c1-33-31-19(30-32-33)13-8-14(10-15(24)9-13)20(36)28-4-5-34-6-7-35-17-2-3-29-21(38-12-23(25,26)27)16(17)11-18(35)22(34)37/h2-3,8-11H,4-7,12H2,1H3,(H,28,36). The molecule has 4 aromatic rings. The van der Waals surface area contributed by atoms with Crippen LogP contribution < -0.4 is 10.1 Å².